The van der Waals surface area contributed by atoms with Crippen molar-refractivity contribution >= 4 is 34.2 Å². The smallest absolute Gasteiger partial charge is 0.269 e. The van der Waals surface area contributed by atoms with E-state index in [0.717, 1.165) is 28.2 Å². The minimum atomic E-state index is -0.204. The van der Waals surface area contributed by atoms with Gasteiger partial charge in [-0.25, -0.2) is 9.97 Å². The Kier molecular flexibility index (Phi) is 4.88. The van der Waals surface area contributed by atoms with Gasteiger partial charge in [0.25, 0.3) is 5.91 Å². The normalized spacial score (nSPS) is 12.1. The van der Waals surface area contributed by atoms with Crippen LogP contribution in [0, 0.1) is 12.8 Å². The molecule has 26 heavy (non-hydrogen) atoms. The number of fused-ring (bicyclic) bond motifs is 1. The maximum atomic E-state index is 12.9. The lowest BCUT2D eigenvalue weighted by molar-refractivity contribution is 0.102. The molecule has 3 rings (SSSR count). The first-order valence-corrected chi connectivity index (χ1v) is 9.74. The minimum absolute atomic E-state index is 0.143. The largest absolute Gasteiger partial charge is 0.305 e. The second-order valence-corrected chi connectivity index (χ2v) is 9.09. The molecular weight excluding hydrogens is 344 g/mol. The molecule has 2 heterocycles. The van der Waals surface area contributed by atoms with Gasteiger partial charge in [-0.3, -0.25) is 10.1 Å². The molecule has 138 valence electrons. The highest BCUT2D eigenvalue weighted by molar-refractivity contribution is 7.13. The topological polar surface area (TPSA) is 59.8 Å². The summed E-state index contributed by atoms with van der Waals surface area (Å²) in [5.41, 5.74) is 2.46. The molecule has 0 fully saturated rings. The van der Waals surface area contributed by atoms with Crippen LogP contribution in [0.3, 0.4) is 0 Å². The molecule has 1 N–H and O–H groups in total. The number of anilines is 1. The molecule has 0 saturated heterocycles. The average molecular weight is 371 g/mol. The van der Waals surface area contributed by atoms with Gasteiger partial charge in [0.2, 0.25) is 5.95 Å². The van der Waals surface area contributed by atoms with Gasteiger partial charge in [-0.2, -0.15) is 0 Å². The van der Waals surface area contributed by atoms with Crippen LogP contribution in [0.2, 0.25) is 0 Å². The third-order valence-corrected chi connectivity index (χ3v) is 5.27. The number of aryl methyl sites for hydroxylation is 1. The number of carbonyl (C=O) groups is 1. The van der Waals surface area contributed by atoms with E-state index in [-0.39, 0.29) is 11.4 Å². The zero-order valence-corrected chi connectivity index (χ0v) is 17.1. The fraction of sp³-hybridized carbons (Fsp3) is 0.450. The van der Waals surface area contributed by atoms with Gasteiger partial charge in [0.05, 0.1) is 21.7 Å². The summed E-state index contributed by atoms with van der Waals surface area (Å²) in [7, 11) is 0. The first-order chi connectivity index (χ1) is 12.2. The number of nitrogens with one attached hydrogen (secondary N) is 1. The maximum Gasteiger partial charge on any atom is 0.269 e. The number of aromatic nitrogens is 3. The Balaban J connectivity index is 1.96. The molecule has 0 aliphatic rings. The number of hydrogen-bond donors (Lipinski definition) is 1. The van der Waals surface area contributed by atoms with Crippen molar-refractivity contribution in [2.45, 2.75) is 53.5 Å². The summed E-state index contributed by atoms with van der Waals surface area (Å²) in [6.07, 6.45) is 0.888. The van der Waals surface area contributed by atoms with Crippen LogP contribution in [0.4, 0.5) is 5.95 Å². The summed E-state index contributed by atoms with van der Waals surface area (Å²) in [5, 5.41) is 4.02. The van der Waals surface area contributed by atoms with Gasteiger partial charge < -0.3 is 4.57 Å². The van der Waals surface area contributed by atoms with Gasteiger partial charge in [-0.05, 0) is 45.7 Å². The molecule has 0 aliphatic carbocycles. The Hall–Kier alpha value is -2.21. The second-order valence-electron chi connectivity index (χ2n) is 8.00. The van der Waals surface area contributed by atoms with E-state index in [9.17, 15) is 4.79 Å². The molecule has 0 atom stereocenters. The van der Waals surface area contributed by atoms with Crippen LogP contribution in [-0.2, 0) is 12.0 Å². The number of nitrogens with zero attached hydrogens (tertiary/aromatic N) is 3. The van der Waals surface area contributed by atoms with Crippen molar-refractivity contribution in [3.05, 3.63) is 39.8 Å². The van der Waals surface area contributed by atoms with Crippen LogP contribution in [0.25, 0.3) is 11.0 Å². The summed E-state index contributed by atoms with van der Waals surface area (Å²) in [6.45, 7) is 12.5. The SMILES string of the molecule is Cc1nc(CC(C)C)sc1C(=O)Nc1nc2ccccc2n1C(C)(C)C. The number of imidazole rings is 1. The third kappa shape index (κ3) is 3.65. The average Bonchev–Trinajstić information content (AvgIpc) is 3.05. The molecule has 0 unspecified atom stereocenters. The standard InChI is InChI=1S/C20H26N4OS/c1-12(2)11-16-21-13(3)17(26-16)18(25)23-19-22-14-9-7-8-10-15(14)24(19)20(4,5)6/h7-10,12H,11H2,1-6H3,(H,22,23,25). The number of hydrogen-bond acceptors (Lipinski definition) is 4. The Morgan fingerprint density at radius 3 is 2.58 bits per heavy atom. The lowest BCUT2D eigenvalue weighted by atomic mass is 10.1. The monoisotopic (exact) mass is 370 g/mol. The first kappa shape index (κ1) is 18.6. The Morgan fingerprint density at radius 2 is 1.92 bits per heavy atom. The molecule has 0 spiro atoms. The van der Waals surface area contributed by atoms with Crippen molar-refractivity contribution in [1.29, 1.82) is 0 Å². The molecule has 2 aromatic heterocycles. The van der Waals surface area contributed by atoms with Crippen LogP contribution >= 0.6 is 11.3 Å². The van der Waals surface area contributed by atoms with E-state index in [2.05, 4.69) is 54.5 Å². The van der Waals surface area contributed by atoms with Crippen LogP contribution in [0.15, 0.2) is 24.3 Å². The fourth-order valence-corrected chi connectivity index (χ4v) is 4.22. The minimum Gasteiger partial charge on any atom is -0.305 e. The number of carbonyl (C=O) groups excluding carboxylic acids is 1. The predicted molar refractivity (Wildman–Crippen MR) is 108 cm³/mol. The Morgan fingerprint density at radius 1 is 1.23 bits per heavy atom. The molecule has 0 aliphatic heterocycles. The molecule has 0 bridgehead atoms. The number of para-hydroxylation sites is 2. The van der Waals surface area contributed by atoms with Gasteiger partial charge in [0, 0.05) is 12.0 Å². The summed E-state index contributed by atoms with van der Waals surface area (Å²) in [6, 6.07) is 7.94. The van der Waals surface area contributed by atoms with E-state index in [1.807, 2.05) is 31.2 Å². The molecule has 6 heteroatoms. The highest BCUT2D eigenvalue weighted by atomic mass is 32.1. The molecule has 1 amide bonds. The first-order valence-electron chi connectivity index (χ1n) is 8.92. The summed E-state index contributed by atoms with van der Waals surface area (Å²) in [4.78, 5) is 22.8. The van der Waals surface area contributed by atoms with Crippen LogP contribution in [0.5, 0.6) is 0 Å². The van der Waals surface area contributed by atoms with Gasteiger partial charge in [0.1, 0.15) is 4.88 Å². The predicted octanol–water partition coefficient (Wildman–Crippen LogP) is 5.01. The summed E-state index contributed by atoms with van der Waals surface area (Å²) >= 11 is 1.48. The molecular formula is C20H26N4OS. The van der Waals surface area contributed by atoms with E-state index >= 15 is 0 Å². The van der Waals surface area contributed by atoms with Gasteiger partial charge in [-0.15, -0.1) is 11.3 Å². The molecule has 0 saturated carbocycles. The molecule has 5 nitrogen and oxygen atoms in total. The van der Waals surface area contributed by atoms with Crippen molar-refractivity contribution in [3.63, 3.8) is 0 Å². The Labute approximate surface area is 158 Å². The van der Waals surface area contributed by atoms with Crippen LogP contribution in [-0.4, -0.2) is 20.4 Å². The zero-order chi connectivity index (χ0) is 19.1. The van der Waals surface area contributed by atoms with E-state index in [1.165, 1.54) is 11.3 Å². The van der Waals surface area contributed by atoms with Crippen molar-refractivity contribution in [1.82, 2.24) is 14.5 Å². The van der Waals surface area contributed by atoms with Gasteiger partial charge in [0.15, 0.2) is 0 Å². The second kappa shape index (κ2) is 6.83. The quantitative estimate of drug-likeness (QED) is 0.702. The van der Waals surface area contributed by atoms with Crippen LogP contribution < -0.4 is 5.32 Å². The summed E-state index contributed by atoms with van der Waals surface area (Å²) in [5.74, 6) is 0.944. The summed E-state index contributed by atoms with van der Waals surface area (Å²) < 4.78 is 2.08. The zero-order valence-electron chi connectivity index (χ0n) is 16.3. The van der Waals surface area contributed by atoms with Gasteiger partial charge >= 0.3 is 0 Å². The molecule has 1 aromatic carbocycles. The third-order valence-electron chi connectivity index (χ3n) is 4.09. The van der Waals surface area contributed by atoms with Crippen molar-refractivity contribution < 1.29 is 4.79 Å². The van der Waals surface area contributed by atoms with E-state index in [0.29, 0.717) is 16.7 Å². The van der Waals surface area contributed by atoms with Crippen molar-refractivity contribution in [3.8, 4) is 0 Å². The van der Waals surface area contributed by atoms with Crippen molar-refractivity contribution in [2.75, 3.05) is 5.32 Å². The molecule has 3 aromatic rings. The Bertz CT molecular complexity index is 947. The van der Waals surface area contributed by atoms with E-state index in [1.54, 1.807) is 0 Å². The van der Waals surface area contributed by atoms with Crippen molar-refractivity contribution in [2.24, 2.45) is 5.92 Å². The number of thiazole rings is 1. The number of benzene rings is 1. The van der Waals surface area contributed by atoms with E-state index in [4.69, 9.17) is 0 Å². The number of rotatable bonds is 4. The lowest BCUT2D eigenvalue weighted by Gasteiger charge is -2.24. The van der Waals surface area contributed by atoms with E-state index < -0.39 is 0 Å². The fourth-order valence-electron chi connectivity index (χ4n) is 3.05. The number of amides is 1. The van der Waals surface area contributed by atoms with Gasteiger partial charge in [-0.1, -0.05) is 26.0 Å². The molecule has 0 radical (unpaired) electrons. The highest BCUT2D eigenvalue weighted by Crippen LogP contribution is 2.29. The van der Waals surface area contributed by atoms with Crippen LogP contribution in [0.1, 0.15) is 55.0 Å². The lowest BCUT2D eigenvalue weighted by Crippen LogP contribution is -2.25. The highest BCUT2D eigenvalue weighted by Gasteiger charge is 2.24. The maximum absolute atomic E-state index is 12.9.